The normalized spacial score (nSPS) is 12.1. The number of hydrogen-bond donors (Lipinski definition) is 2. The third-order valence-corrected chi connectivity index (χ3v) is 5.11. The smallest absolute Gasteiger partial charge is 0.407 e. The molecule has 138 valence electrons. The highest BCUT2D eigenvalue weighted by Crippen LogP contribution is 2.26. The Labute approximate surface area is 157 Å². The molecule has 1 heterocycles. The standard InChI is InChI=1S/C19H33NO2S2/c1-2-3-4-5-6-7-8-9-11-18(17-12-15-24-16-17)22-19(21)20-13-10-14-23/h12,15-16,18,23H,2-11,13-14H2,1H3,(H,20,21). The lowest BCUT2D eigenvalue weighted by atomic mass is 10.0. The number of amides is 1. The lowest BCUT2D eigenvalue weighted by molar-refractivity contribution is 0.0911. The Balaban J connectivity index is 2.24. The van der Waals surface area contributed by atoms with E-state index in [1.165, 1.54) is 44.9 Å². The lowest BCUT2D eigenvalue weighted by Crippen LogP contribution is -2.27. The van der Waals surface area contributed by atoms with Crippen molar-refractivity contribution in [3.8, 4) is 0 Å². The lowest BCUT2D eigenvalue weighted by Gasteiger charge is -2.17. The molecule has 0 aromatic carbocycles. The van der Waals surface area contributed by atoms with Crippen molar-refractivity contribution in [2.75, 3.05) is 12.3 Å². The van der Waals surface area contributed by atoms with Gasteiger partial charge in [-0.25, -0.2) is 4.79 Å². The molecule has 0 saturated carbocycles. The minimum absolute atomic E-state index is 0.118. The van der Waals surface area contributed by atoms with Crippen LogP contribution in [0.4, 0.5) is 4.79 Å². The Hall–Kier alpha value is -0.680. The van der Waals surface area contributed by atoms with Gasteiger partial charge in [0, 0.05) is 12.1 Å². The molecule has 1 rings (SSSR count). The Bertz CT molecular complexity index is 410. The zero-order valence-corrected chi connectivity index (χ0v) is 16.7. The summed E-state index contributed by atoms with van der Waals surface area (Å²) in [5.74, 6) is 0.770. The molecule has 1 aromatic rings. The van der Waals surface area contributed by atoms with Crippen LogP contribution in [0.5, 0.6) is 0 Å². The van der Waals surface area contributed by atoms with E-state index in [9.17, 15) is 4.79 Å². The Morgan fingerprint density at radius 3 is 2.50 bits per heavy atom. The molecule has 5 heteroatoms. The summed E-state index contributed by atoms with van der Waals surface area (Å²) in [5.41, 5.74) is 1.12. The van der Waals surface area contributed by atoms with Crippen molar-refractivity contribution in [1.29, 1.82) is 0 Å². The summed E-state index contributed by atoms with van der Waals surface area (Å²) in [4.78, 5) is 11.9. The van der Waals surface area contributed by atoms with Gasteiger partial charge in [-0.2, -0.15) is 24.0 Å². The molecule has 1 aromatic heterocycles. The topological polar surface area (TPSA) is 38.3 Å². The number of unbranched alkanes of at least 4 members (excludes halogenated alkanes) is 7. The maximum Gasteiger partial charge on any atom is 0.407 e. The number of carbonyl (C=O) groups excluding carboxylic acids is 1. The van der Waals surface area contributed by atoms with Crippen LogP contribution in [0.3, 0.4) is 0 Å². The molecular weight excluding hydrogens is 338 g/mol. The fourth-order valence-electron chi connectivity index (χ4n) is 2.66. The summed E-state index contributed by atoms with van der Waals surface area (Å²) >= 11 is 5.79. The highest BCUT2D eigenvalue weighted by Gasteiger charge is 2.16. The Morgan fingerprint density at radius 2 is 1.88 bits per heavy atom. The third-order valence-electron chi connectivity index (χ3n) is 4.09. The zero-order valence-electron chi connectivity index (χ0n) is 15.0. The van der Waals surface area contributed by atoms with E-state index in [0.717, 1.165) is 30.6 Å². The van der Waals surface area contributed by atoms with Gasteiger partial charge in [-0.1, -0.05) is 51.9 Å². The summed E-state index contributed by atoms with van der Waals surface area (Å²) in [6.45, 7) is 2.87. The second kappa shape index (κ2) is 14.6. The average molecular weight is 372 g/mol. The van der Waals surface area contributed by atoms with E-state index in [1.807, 2.05) is 5.38 Å². The van der Waals surface area contributed by atoms with Gasteiger partial charge >= 0.3 is 6.09 Å². The largest absolute Gasteiger partial charge is 0.441 e. The van der Waals surface area contributed by atoms with Gasteiger partial charge in [-0.15, -0.1) is 0 Å². The molecule has 0 saturated heterocycles. The number of rotatable bonds is 14. The van der Waals surface area contributed by atoms with Crippen molar-refractivity contribution in [2.45, 2.75) is 77.2 Å². The number of nitrogens with one attached hydrogen (secondary N) is 1. The highest BCUT2D eigenvalue weighted by atomic mass is 32.1. The quantitative estimate of drug-likeness (QED) is 0.295. The van der Waals surface area contributed by atoms with Crippen molar-refractivity contribution >= 4 is 30.1 Å². The van der Waals surface area contributed by atoms with Gasteiger partial charge in [0.2, 0.25) is 0 Å². The molecule has 3 nitrogen and oxygen atoms in total. The fraction of sp³-hybridized carbons (Fsp3) is 0.737. The predicted molar refractivity (Wildman–Crippen MR) is 107 cm³/mol. The van der Waals surface area contributed by atoms with Crippen LogP contribution in [-0.2, 0) is 4.74 Å². The molecule has 24 heavy (non-hydrogen) atoms. The summed E-state index contributed by atoms with van der Waals surface area (Å²) in [5, 5.41) is 6.92. The van der Waals surface area contributed by atoms with Gasteiger partial charge in [-0.3, -0.25) is 0 Å². The maximum atomic E-state index is 11.9. The number of alkyl carbamates (subject to hydrolysis) is 1. The first-order valence-electron chi connectivity index (χ1n) is 9.35. The minimum Gasteiger partial charge on any atom is -0.441 e. The number of thiophene rings is 1. The van der Waals surface area contributed by atoms with Gasteiger partial charge in [0.1, 0.15) is 6.10 Å². The fourth-order valence-corrected chi connectivity index (χ4v) is 3.52. The molecule has 1 atom stereocenters. The number of thiol groups is 1. The van der Waals surface area contributed by atoms with Crippen LogP contribution in [0.2, 0.25) is 0 Å². The molecule has 0 bridgehead atoms. The second-order valence-electron chi connectivity index (χ2n) is 6.22. The van der Waals surface area contributed by atoms with Crippen LogP contribution < -0.4 is 5.32 Å². The monoisotopic (exact) mass is 371 g/mol. The molecule has 0 aliphatic heterocycles. The van der Waals surface area contributed by atoms with E-state index in [-0.39, 0.29) is 12.2 Å². The van der Waals surface area contributed by atoms with Crippen LogP contribution in [-0.4, -0.2) is 18.4 Å². The van der Waals surface area contributed by atoms with E-state index >= 15 is 0 Å². The molecule has 0 spiro atoms. The Kier molecular flexibility index (Phi) is 13.0. The summed E-state index contributed by atoms with van der Waals surface area (Å²) in [6.07, 6.45) is 11.7. The maximum absolute atomic E-state index is 11.9. The van der Waals surface area contributed by atoms with Gasteiger partial charge in [0.05, 0.1) is 0 Å². The van der Waals surface area contributed by atoms with E-state index in [0.29, 0.717) is 6.54 Å². The molecule has 1 amide bonds. The molecule has 0 aliphatic carbocycles. The van der Waals surface area contributed by atoms with Crippen LogP contribution >= 0.6 is 24.0 Å². The molecule has 0 radical (unpaired) electrons. The first-order valence-corrected chi connectivity index (χ1v) is 10.9. The van der Waals surface area contributed by atoms with Crippen molar-refractivity contribution < 1.29 is 9.53 Å². The number of ether oxygens (including phenoxy) is 1. The first kappa shape index (κ1) is 21.4. The van der Waals surface area contributed by atoms with E-state index < -0.39 is 0 Å². The van der Waals surface area contributed by atoms with Crippen LogP contribution in [0.1, 0.15) is 82.8 Å². The molecule has 0 aliphatic rings. The van der Waals surface area contributed by atoms with Crippen molar-refractivity contribution in [3.63, 3.8) is 0 Å². The Morgan fingerprint density at radius 1 is 1.17 bits per heavy atom. The summed E-state index contributed by atoms with van der Waals surface area (Å²) < 4.78 is 5.63. The van der Waals surface area contributed by atoms with E-state index in [1.54, 1.807) is 11.3 Å². The van der Waals surface area contributed by atoms with Crippen molar-refractivity contribution in [3.05, 3.63) is 22.4 Å². The number of hydrogen-bond acceptors (Lipinski definition) is 4. The number of carbonyl (C=O) groups is 1. The average Bonchev–Trinajstić information content (AvgIpc) is 3.11. The van der Waals surface area contributed by atoms with Gasteiger partial charge in [-0.05, 0) is 41.8 Å². The molecule has 1 unspecified atom stereocenters. The van der Waals surface area contributed by atoms with Gasteiger partial charge in [0.25, 0.3) is 0 Å². The van der Waals surface area contributed by atoms with Crippen molar-refractivity contribution in [2.24, 2.45) is 0 Å². The zero-order chi connectivity index (χ0) is 17.5. The third kappa shape index (κ3) is 10.2. The van der Waals surface area contributed by atoms with Crippen LogP contribution in [0.15, 0.2) is 16.8 Å². The summed E-state index contributed by atoms with van der Waals surface area (Å²) in [7, 11) is 0. The SMILES string of the molecule is CCCCCCCCCCC(OC(=O)NCCCS)c1ccsc1. The molecule has 1 N–H and O–H groups in total. The van der Waals surface area contributed by atoms with E-state index in [4.69, 9.17) is 4.74 Å². The van der Waals surface area contributed by atoms with Crippen LogP contribution in [0.25, 0.3) is 0 Å². The molecular formula is C19H33NO2S2. The second-order valence-corrected chi connectivity index (χ2v) is 7.45. The first-order chi connectivity index (χ1) is 11.8. The predicted octanol–water partition coefficient (Wildman–Crippen LogP) is 6.37. The summed E-state index contributed by atoms with van der Waals surface area (Å²) in [6, 6.07) is 2.06. The van der Waals surface area contributed by atoms with Gasteiger partial charge < -0.3 is 10.1 Å². The van der Waals surface area contributed by atoms with E-state index in [2.05, 4.69) is 36.3 Å². The van der Waals surface area contributed by atoms with Crippen LogP contribution in [0, 0.1) is 0 Å². The van der Waals surface area contributed by atoms with Crippen molar-refractivity contribution in [1.82, 2.24) is 5.32 Å². The van der Waals surface area contributed by atoms with Gasteiger partial charge in [0.15, 0.2) is 0 Å². The highest BCUT2D eigenvalue weighted by molar-refractivity contribution is 7.80. The minimum atomic E-state index is -0.312. The molecule has 0 fully saturated rings.